The molecule has 2 nitrogen and oxygen atoms in total. The Morgan fingerprint density at radius 2 is 1.81 bits per heavy atom. The predicted octanol–water partition coefficient (Wildman–Crippen LogP) is 2.56. The zero-order valence-electron chi connectivity index (χ0n) is 8.08. The molecule has 1 aliphatic rings. The number of benzene rings is 1. The van der Waals surface area contributed by atoms with Gasteiger partial charge in [0.1, 0.15) is 6.04 Å². The molecule has 0 radical (unpaired) electrons. The van der Waals surface area contributed by atoms with Crippen LogP contribution in [0, 0.1) is 0 Å². The number of halogens is 4. The molecule has 0 spiro atoms. The molecule has 0 saturated carbocycles. The van der Waals surface area contributed by atoms with Crippen molar-refractivity contribution in [3.8, 4) is 0 Å². The molecule has 1 fully saturated rings. The minimum Gasteiger partial charge on any atom is -0.394 e. The molecule has 1 N–H and O–H groups in total. The van der Waals surface area contributed by atoms with Crippen LogP contribution in [0.1, 0.15) is 0 Å². The minimum atomic E-state index is -4.29. The zero-order chi connectivity index (χ0) is 11.9. The monoisotopic (exact) mass is 295 g/mol. The second kappa shape index (κ2) is 3.92. The molecule has 0 bridgehead atoms. The lowest BCUT2D eigenvalue weighted by Gasteiger charge is -2.08. The molecule has 1 aromatic carbocycles. The lowest BCUT2D eigenvalue weighted by molar-refractivity contribution is -0.128. The van der Waals surface area contributed by atoms with E-state index in [0.29, 0.717) is 5.69 Å². The smallest absolute Gasteiger partial charge is 0.394 e. The van der Waals surface area contributed by atoms with Gasteiger partial charge in [0.2, 0.25) is 0 Å². The van der Waals surface area contributed by atoms with Gasteiger partial charge in [0.05, 0.1) is 12.6 Å². The average molecular weight is 296 g/mol. The summed E-state index contributed by atoms with van der Waals surface area (Å²) in [7, 11) is 0. The number of rotatable bonds is 2. The molecule has 0 aliphatic carbocycles. The van der Waals surface area contributed by atoms with Crippen LogP contribution >= 0.6 is 15.9 Å². The second-order valence-electron chi connectivity index (χ2n) is 3.62. The van der Waals surface area contributed by atoms with E-state index in [-0.39, 0.29) is 0 Å². The standard InChI is InChI=1S/C10H9BrF3NO/c11-6-1-3-7(4-2-6)15-8(5-16)9(15)10(12,13)14/h1-4,8-9,16H,5H2/t8-,9-,15?/m1/s1. The Morgan fingerprint density at radius 3 is 2.19 bits per heavy atom. The molecule has 1 aromatic rings. The van der Waals surface area contributed by atoms with Gasteiger partial charge in [-0.3, -0.25) is 0 Å². The number of hydrogen-bond donors (Lipinski definition) is 1. The summed E-state index contributed by atoms with van der Waals surface area (Å²) in [4.78, 5) is 1.17. The van der Waals surface area contributed by atoms with Crippen LogP contribution in [0.15, 0.2) is 28.7 Å². The highest BCUT2D eigenvalue weighted by Gasteiger charge is 2.62. The summed E-state index contributed by atoms with van der Waals surface area (Å²) in [5.41, 5.74) is 0.476. The number of alkyl halides is 3. The maximum atomic E-state index is 12.5. The SMILES string of the molecule is OC[C@@H]1[C@H](C(F)(F)F)N1c1ccc(Br)cc1. The van der Waals surface area contributed by atoms with E-state index in [4.69, 9.17) is 5.11 Å². The van der Waals surface area contributed by atoms with Crippen molar-refractivity contribution in [3.63, 3.8) is 0 Å². The van der Waals surface area contributed by atoms with Gasteiger partial charge >= 0.3 is 6.18 Å². The zero-order valence-corrected chi connectivity index (χ0v) is 9.66. The van der Waals surface area contributed by atoms with Crippen LogP contribution in [0.3, 0.4) is 0 Å². The van der Waals surface area contributed by atoms with Crippen LogP contribution in [0.2, 0.25) is 0 Å². The molecule has 1 aliphatic heterocycles. The normalized spacial score (nSPS) is 24.7. The minimum absolute atomic E-state index is 0.476. The van der Waals surface area contributed by atoms with Crippen molar-refractivity contribution in [1.29, 1.82) is 0 Å². The van der Waals surface area contributed by atoms with Crippen LogP contribution in [0.5, 0.6) is 0 Å². The highest BCUT2D eigenvalue weighted by molar-refractivity contribution is 9.10. The van der Waals surface area contributed by atoms with Crippen LogP contribution < -0.4 is 4.90 Å². The highest BCUT2D eigenvalue weighted by atomic mass is 79.9. The van der Waals surface area contributed by atoms with Crippen LogP contribution in [0.4, 0.5) is 18.9 Å². The fourth-order valence-electron chi connectivity index (χ4n) is 1.81. The Labute approximate surface area is 98.8 Å². The number of aliphatic hydroxyl groups excluding tert-OH is 1. The van der Waals surface area contributed by atoms with Crippen molar-refractivity contribution in [3.05, 3.63) is 28.7 Å². The van der Waals surface area contributed by atoms with Gasteiger partial charge in [-0.2, -0.15) is 13.2 Å². The summed E-state index contributed by atoms with van der Waals surface area (Å²) in [6.07, 6.45) is -4.29. The van der Waals surface area contributed by atoms with E-state index in [9.17, 15) is 13.2 Å². The summed E-state index contributed by atoms with van der Waals surface area (Å²) in [5.74, 6) is 0. The molecule has 0 unspecified atom stereocenters. The van der Waals surface area contributed by atoms with Crippen LogP contribution in [0.25, 0.3) is 0 Å². The Balaban J connectivity index is 2.20. The summed E-state index contributed by atoms with van der Waals surface area (Å²) >= 11 is 3.21. The van der Waals surface area contributed by atoms with Gasteiger partial charge in [0, 0.05) is 10.2 Å². The molecular formula is C10H9BrF3NO. The van der Waals surface area contributed by atoms with Gasteiger partial charge in [-0.05, 0) is 24.3 Å². The third kappa shape index (κ3) is 2.04. The van der Waals surface area contributed by atoms with Crippen molar-refractivity contribution in [2.75, 3.05) is 11.5 Å². The molecule has 16 heavy (non-hydrogen) atoms. The van der Waals surface area contributed by atoms with Crippen molar-refractivity contribution in [1.82, 2.24) is 0 Å². The molecule has 88 valence electrons. The third-order valence-electron chi connectivity index (χ3n) is 2.58. The lowest BCUT2D eigenvalue weighted by Crippen LogP contribution is -2.22. The Morgan fingerprint density at radius 1 is 1.25 bits per heavy atom. The predicted molar refractivity (Wildman–Crippen MR) is 57.3 cm³/mol. The Kier molecular flexibility index (Phi) is 2.88. The molecular weight excluding hydrogens is 287 g/mol. The first kappa shape index (κ1) is 11.7. The van der Waals surface area contributed by atoms with E-state index in [1.54, 1.807) is 24.3 Å². The van der Waals surface area contributed by atoms with Gasteiger partial charge in [-0.15, -0.1) is 0 Å². The van der Waals surface area contributed by atoms with Crippen molar-refractivity contribution in [2.45, 2.75) is 18.3 Å². The van der Waals surface area contributed by atoms with E-state index >= 15 is 0 Å². The topological polar surface area (TPSA) is 23.2 Å². The van der Waals surface area contributed by atoms with E-state index in [0.717, 1.165) is 4.47 Å². The maximum Gasteiger partial charge on any atom is 0.410 e. The number of aliphatic hydroxyl groups is 1. The maximum absolute atomic E-state index is 12.5. The molecule has 1 heterocycles. The summed E-state index contributed by atoms with van der Waals surface area (Å²) < 4.78 is 38.4. The summed E-state index contributed by atoms with van der Waals surface area (Å²) in [5, 5.41) is 8.88. The second-order valence-corrected chi connectivity index (χ2v) is 4.54. The van der Waals surface area contributed by atoms with E-state index in [2.05, 4.69) is 15.9 Å². The van der Waals surface area contributed by atoms with E-state index in [1.807, 2.05) is 0 Å². The molecule has 1 saturated heterocycles. The number of anilines is 1. The summed E-state index contributed by atoms with van der Waals surface area (Å²) in [6.45, 7) is -0.486. The first-order chi connectivity index (χ1) is 7.45. The Bertz CT molecular complexity index is 379. The van der Waals surface area contributed by atoms with Crippen LogP contribution in [-0.2, 0) is 0 Å². The molecule has 2 atom stereocenters. The summed E-state index contributed by atoms with van der Waals surface area (Å²) in [6, 6.07) is 4.14. The van der Waals surface area contributed by atoms with Crippen molar-refractivity contribution in [2.24, 2.45) is 0 Å². The van der Waals surface area contributed by atoms with Crippen LogP contribution in [-0.4, -0.2) is 30.0 Å². The number of hydrogen-bond acceptors (Lipinski definition) is 2. The highest BCUT2D eigenvalue weighted by Crippen LogP contribution is 2.44. The first-order valence-corrected chi connectivity index (χ1v) is 5.46. The average Bonchev–Trinajstić information content (AvgIpc) is 2.92. The number of nitrogens with zero attached hydrogens (tertiary/aromatic N) is 1. The fraction of sp³-hybridized carbons (Fsp3) is 0.400. The van der Waals surface area contributed by atoms with Gasteiger partial charge in [0.15, 0.2) is 0 Å². The molecule has 0 amide bonds. The van der Waals surface area contributed by atoms with Crippen molar-refractivity contribution >= 4 is 21.6 Å². The van der Waals surface area contributed by atoms with Crippen molar-refractivity contribution < 1.29 is 18.3 Å². The van der Waals surface area contributed by atoms with Gasteiger partial charge in [0.25, 0.3) is 0 Å². The molecule has 0 aromatic heterocycles. The van der Waals surface area contributed by atoms with Gasteiger partial charge < -0.3 is 10.0 Å². The quantitative estimate of drug-likeness (QED) is 0.848. The first-order valence-electron chi connectivity index (χ1n) is 4.66. The Hall–Kier alpha value is -0.750. The van der Waals surface area contributed by atoms with Gasteiger partial charge in [-0.25, -0.2) is 0 Å². The largest absolute Gasteiger partial charge is 0.410 e. The fourth-order valence-corrected chi connectivity index (χ4v) is 2.07. The lowest BCUT2D eigenvalue weighted by atomic mass is 10.3. The van der Waals surface area contributed by atoms with Gasteiger partial charge in [-0.1, -0.05) is 15.9 Å². The van der Waals surface area contributed by atoms with E-state index in [1.165, 1.54) is 4.90 Å². The third-order valence-corrected chi connectivity index (χ3v) is 3.11. The molecule has 6 heteroatoms. The van der Waals surface area contributed by atoms with E-state index < -0.39 is 24.9 Å². The molecule has 2 rings (SSSR count).